The highest BCUT2D eigenvalue weighted by atomic mass is 32.2. The van der Waals surface area contributed by atoms with Crippen molar-refractivity contribution in [3.63, 3.8) is 0 Å². The first kappa shape index (κ1) is 27.3. The summed E-state index contributed by atoms with van der Waals surface area (Å²) >= 11 is 0. The molecule has 0 fully saturated rings. The molecule has 2 atom stereocenters. The molecule has 2 rings (SSSR count). The Labute approximate surface area is 204 Å². The van der Waals surface area contributed by atoms with Gasteiger partial charge < -0.3 is 22.1 Å². The zero-order valence-electron chi connectivity index (χ0n) is 19.3. The van der Waals surface area contributed by atoms with Crippen molar-refractivity contribution in [3.8, 4) is 6.07 Å². The summed E-state index contributed by atoms with van der Waals surface area (Å²) in [6.07, 6.45) is 0.565. The third kappa shape index (κ3) is 8.73. The molecular formula is C23H29N7O4S. The van der Waals surface area contributed by atoms with Crippen molar-refractivity contribution in [2.75, 3.05) is 13.6 Å². The number of aliphatic imine (C=N–C) groups is 1. The van der Waals surface area contributed by atoms with E-state index >= 15 is 0 Å². The Bertz CT molecular complexity index is 1190. The zero-order valence-corrected chi connectivity index (χ0v) is 20.1. The van der Waals surface area contributed by atoms with Crippen LogP contribution in [0.25, 0.3) is 0 Å². The molecule has 2 aromatic carbocycles. The van der Waals surface area contributed by atoms with E-state index in [4.69, 9.17) is 16.7 Å². The molecule has 0 aliphatic heterocycles. The third-order valence-corrected chi connectivity index (χ3v) is 6.46. The van der Waals surface area contributed by atoms with Crippen LogP contribution in [0.4, 0.5) is 0 Å². The lowest BCUT2D eigenvalue weighted by atomic mass is 10.0. The number of guanidine groups is 1. The third-order valence-electron chi connectivity index (χ3n) is 4.99. The summed E-state index contributed by atoms with van der Waals surface area (Å²) in [5.74, 6) is -1.23. The number of likely N-dealkylation sites (N-methyl/N-ethyl adjacent to an activating group) is 1. The lowest BCUT2D eigenvalue weighted by molar-refractivity contribution is -0.129. The van der Waals surface area contributed by atoms with Gasteiger partial charge in [-0.2, -0.15) is 9.98 Å². The number of carbonyl (C=O) groups is 2. The van der Waals surface area contributed by atoms with Crippen molar-refractivity contribution in [3.05, 3.63) is 65.7 Å². The summed E-state index contributed by atoms with van der Waals surface area (Å²) in [4.78, 5) is 29.3. The number of hydrogen-bond donors (Lipinski definition) is 5. The molecule has 0 aliphatic carbocycles. The SMILES string of the molecule is CNC(=O)[C@H](Cc1ccccc1)NC(=O)[C@H](CCCN=C(N)N)NS(=O)(=O)c1cccc(C#N)c1. The van der Waals surface area contributed by atoms with Crippen molar-refractivity contribution < 1.29 is 18.0 Å². The van der Waals surface area contributed by atoms with Gasteiger partial charge in [0.05, 0.1) is 16.5 Å². The molecule has 0 bridgehead atoms. The van der Waals surface area contributed by atoms with Gasteiger partial charge in [0.2, 0.25) is 21.8 Å². The Morgan fingerprint density at radius 1 is 1.06 bits per heavy atom. The Morgan fingerprint density at radius 3 is 2.40 bits per heavy atom. The number of nitrogens with two attached hydrogens (primary N) is 2. The number of hydrogen-bond acceptors (Lipinski definition) is 6. The van der Waals surface area contributed by atoms with Crippen LogP contribution in [0.3, 0.4) is 0 Å². The number of nitriles is 1. The zero-order chi connectivity index (χ0) is 25.8. The van der Waals surface area contributed by atoms with Crippen LogP contribution in [0.1, 0.15) is 24.0 Å². The summed E-state index contributed by atoms with van der Waals surface area (Å²) < 4.78 is 28.3. The highest BCUT2D eigenvalue weighted by Gasteiger charge is 2.29. The Morgan fingerprint density at radius 2 is 1.77 bits per heavy atom. The first-order valence-electron chi connectivity index (χ1n) is 10.8. The maximum Gasteiger partial charge on any atom is 0.242 e. The lowest BCUT2D eigenvalue weighted by Gasteiger charge is -2.23. The van der Waals surface area contributed by atoms with Gasteiger partial charge in [-0.25, -0.2) is 8.42 Å². The Hall–Kier alpha value is -3.95. The number of rotatable bonds is 12. The fraction of sp³-hybridized carbons (Fsp3) is 0.304. The van der Waals surface area contributed by atoms with Crippen molar-refractivity contribution in [2.24, 2.45) is 16.5 Å². The minimum atomic E-state index is -4.16. The highest BCUT2D eigenvalue weighted by Crippen LogP contribution is 2.13. The molecule has 0 heterocycles. The van der Waals surface area contributed by atoms with Gasteiger partial charge >= 0.3 is 0 Å². The highest BCUT2D eigenvalue weighted by molar-refractivity contribution is 7.89. The molecular weight excluding hydrogens is 470 g/mol. The monoisotopic (exact) mass is 499 g/mol. The minimum Gasteiger partial charge on any atom is -0.370 e. The molecule has 0 saturated heterocycles. The van der Waals surface area contributed by atoms with Crippen LogP contribution in [0.5, 0.6) is 0 Å². The largest absolute Gasteiger partial charge is 0.370 e. The second-order valence-electron chi connectivity index (χ2n) is 7.63. The maximum absolute atomic E-state index is 13.2. The average Bonchev–Trinajstić information content (AvgIpc) is 2.85. The van der Waals surface area contributed by atoms with Crippen molar-refractivity contribution in [1.29, 1.82) is 5.26 Å². The molecule has 0 radical (unpaired) electrons. The first-order valence-corrected chi connectivity index (χ1v) is 12.3. The van der Waals surface area contributed by atoms with Gasteiger partial charge in [0.1, 0.15) is 12.1 Å². The molecule has 12 heteroatoms. The van der Waals surface area contributed by atoms with Crippen LogP contribution >= 0.6 is 0 Å². The van der Waals surface area contributed by atoms with E-state index in [1.807, 2.05) is 36.4 Å². The van der Waals surface area contributed by atoms with Gasteiger partial charge in [-0.05, 0) is 36.6 Å². The van der Waals surface area contributed by atoms with Gasteiger partial charge in [0.15, 0.2) is 5.96 Å². The summed E-state index contributed by atoms with van der Waals surface area (Å²) in [6.45, 7) is 0.181. The smallest absolute Gasteiger partial charge is 0.242 e. The van der Waals surface area contributed by atoms with E-state index in [2.05, 4.69) is 20.3 Å². The van der Waals surface area contributed by atoms with Crippen LogP contribution < -0.4 is 26.8 Å². The molecule has 186 valence electrons. The summed E-state index contributed by atoms with van der Waals surface area (Å²) in [6, 6.07) is 14.3. The summed E-state index contributed by atoms with van der Waals surface area (Å²) in [5, 5.41) is 14.2. The van der Waals surface area contributed by atoms with Crippen LogP contribution in [0, 0.1) is 11.3 Å². The van der Waals surface area contributed by atoms with Crippen LogP contribution in [-0.4, -0.2) is 51.9 Å². The molecule has 0 aromatic heterocycles. The van der Waals surface area contributed by atoms with Gasteiger partial charge in [0, 0.05) is 20.0 Å². The van der Waals surface area contributed by atoms with Crippen LogP contribution in [0.15, 0.2) is 64.5 Å². The fourth-order valence-electron chi connectivity index (χ4n) is 3.24. The second kappa shape index (κ2) is 13.1. The molecule has 0 saturated carbocycles. The first-order chi connectivity index (χ1) is 16.7. The predicted molar refractivity (Wildman–Crippen MR) is 131 cm³/mol. The number of carbonyl (C=O) groups excluding carboxylic acids is 2. The number of benzene rings is 2. The molecule has 2 aromatic rings. The normalized spacial score (nSPS) is 12.6. The molecule has 7 N–H and O–H groups in total. The van der Waals surface area contributed by atoms with E-state index < -0.39 is 33.9 Å². The van der Waals surface area contributed by atoms with Crippen LogP contribution in [-0.2, 0) is 26.0 Å². The van der Waals surface area contributed by atoms with E-state index in [-0.39, 0.29) is 35.8 Å². The second-order valence-corrected chi connectivity index (χ2v) is 9.34. The summed E-state index contributed by atoms with van der Waals surface area (Å²) in [5.41, 5.74) is 11.6. The van der Waals surface area contributed by atoms with E-state index in [1.54, 1.807) is 0 Å². The predicted octanol–water partition coefficient (Wildman–Crippen LogP) is -0.268. The fourth-order valence-corrected chi connectivity index (χ4v) is 4.52. The van der Waals surface area contributed by atoms with Gasteiger partial charge in [-0.1, -0.05) is 36.4 Å². The van der Waals surface area contributed by atoms with Gasteiger partial charge in [-0.3, -0.25) is 14.6 Å². The van der Waals surface area contributed by atoms with E-state index in [0.29, 0.717) is 6.42 Å². The Kier molecular flexibility index (Phi) is 10.2. The standard InChI is InChI=1S/C23H29N7O4S/c1-27-21(31)20(14-16-7-3-2-4-8-16)29-22(32)19(11-6-12-28-23(25)26)30-35(33,34)18-10-5-9-17(13-18)15-24/h2-5,7-10,13,19-20,30H,6,11-12,14H2,1H3,(H,27,31)(H,29,32)(H4,25,26,28)/t19-,20-/m0/s1. The van der Waals surface area contributed by atoms with E-state index in [1.165, 1.54) is 31.3 Å². The quantitative estimate of drug-likeness (QED) is 0.151. The molecule has 0 spiro atoms. The molecule has 0 unspecified atom stereocenters. The molecule has 11 nitrogen and oxygen atoms in total. The van der Waals surface area contributed by atoms with Gasteiger partial charge in [0.25, 0.3) is 0 Å². The molecule has 35 heavy (non-hydrogen) atoms. The maximum atomic E-state index is 13.2. The van der Waals surface area contributed by atoms with E-state index in [0.717, 1.165) is 5.56 Å². The van der Waals surface area contributed by atoms with Gasteiger partial charge in [-0.15, -0.1) is 0 Å². The Balaban J connectivity index is 2.26. The average molecular weight is 500 g/mol. The number of nitrogens with zero attached hydrogens (tertiary/aromatic N) is 2. The van der Waals surface area contributed by atoms with Crippen molar-refractivity contribution in [2.45, 2.75) is 36.2 Å². The summed E-state index contributed by atoms with van der Waals surface area (Å²) in [7, 11) is -2.71. The van der Waals surface area contributed by atoms with Crippen molar-refractivity contribution >= 4 is 27.8 Å². The lowest BCUT2D eigenvalue weighted by Crippen LogP contribution is -2.54. The van der Waals surface area contributed by atoms with Crippen molar-refractivity contribution in [1.82, 2.24) is 15.4 Å². The topological polar surface area (TPSA) is 193 Å². The number of nitrogens with one attached hydrogen (secondary N) is 3. The molecule has 2 amide bonds. The number of sulfonamides is 1. The number of amides is 2. The minimum absolute atomic E-state index is 0.0611. The van der Waals surface area contributed by atoms with E-state index in [9.17, 15) is 18.0 Å². The molecule has 0 aliphatic rings. The van der Waals surface area contributed by atoms with Crippen LogP contribution in [0.2, 0.25) is 0 Å².